The highest BCUT2D eigenvalue weighted by Crippen LogP contribution is 2.35. The molecule has 0 aliphatic rings. The van der Waals surface area contributed by atoms with Crippen molar-refractivity contribution in [1.29, 1.82) is 0 Å². The van der Waals surface area contributed by atoms with Gasteiger partial charge in [-0.1, -0.05) is 47.6 Å². The average Bonchev–Trinajstić information content (AvgIpc) is 3.18. The number of aromatic nitrogens is 2. The molecule has 4 rings (SSSR count). The van der Waals surface area contributed by atoms with Crippen LogP contribution in [0.15, 0.2) is 71.4 Å². The van der Waals surface area contributed by atoms with E-state index in [4.69, 9.17) is 4.52 Å². The Hall–Kier alpha value is -2.67. The molecule has 0 aliphatic heterocycles. The summed E-state index contributed by atoms with van der Waals surface area (Å²) in [6, 6.07) is 19.7. The number of pyridine rings is 1. The van der Waals surface area contributed by atoms with Crippen molar-refractivity contribution >= 4 is 22.3 Å². The summed E-state index contributed by atoms with van der Waals surface area (Å²) in [5, 5.41) is 5.32. The summed E-state index contributed by atoms with van der Waals surface area (Å²) in [5.41, 5.74) is 5.60. The van der Waals surface area contributed by atoms with Crippen LogP contribution in [0, 0.1) is 6.92 Å². The molecular formula is C25H27N3O2S. The fourth-order valence-electron chi connectivity index (χ4n) is 3.54. The van der Waals surface area contributed by atoms with Gasteiger partial charge in [0.2, 0.25) is 0 Å². The quantitative estimate of drug-likeness (QED) is 0.405. The maximum absolute atomic E-state index is 13.1. The number of aryl methyl sites for hydroxylation is 1. The zero-order valence-electron chi connectivity index (χ0n) is 18.3. The van der Waals surface area contributed by atoms with Crippen molar-refractivity contribution < 1.29 is 9.08 Å². The Morgan fingerprint density at radius 1 is 1.03 bits per heavy atom. The molecule has 5 nitrogen and oxygen atoms in total. The van der Waals surface area contributed by atoms with Gasteiger partial charge in [-0.2, -0.15) is 0 Å². The van der Waals surface area contributed by atoms with E-state index in [-0.39, 0.29) is 6.04 Å². The highest BCUT2D eigenvalue weighted by Gasteiger charge is 2.31. The van der Waals surface area contributed by atoms with Crippen LogP contribution in [0.5, 0.6) is 0 Å². The number of para-hydroxylation sites is 1. The van der Waals surface area contributed by atoms with E-state index in [9.17, 15) is 4.55 Å². The lowest BCUT2D eigenvalue weighted by Crippen LogP contribution is -2.42. The Kier molecular flexibility index (Phi) is 6.14. The van der Waals surface area contributed by atoms with E-state index in [1.807, 2.05) is 69.3 Å². The Bertz CT molecular complexity index is 1180. The van der Waals surface area contributed by atoms with E-state index < -0.39 is 16.1 Å². The van der Waals surface area contributed by atoms with Gasteiger partial charge >= 0.3 is 0 Å². The van der Waals surface area contributed by atoms with Crippen molar-refractivity contribution in [2.45, 2.75) is 44.9 Å². The molecule has 0 bridgehead atoms. The zero-order chi connectivity index (χ0) is 22.0. The predicted octanol–water partition coefficient (Wildman–Crippen LogP) is 5.53. The topological polar surface area (TPSA) is 74.0 Å². The maximum atomic E-state index is 13.1. The summed E-state index contributed by atoms with van der Waals surface area (Å²) in [7, 11) is 0. The second-order valence-corrected chi connectivity index (χ2v) is 10.6. The minimum absolute atomic E-state index is 0.208. The van der Waals surface area contributed by atoms with Crippen LogP contribution in [0.4, 0.5) is 0 Å². The molecule has 0 amide bonds. The van der Waals surface area contributed by atoms with Gasteiger partial charge in [0, 0.05) is 40.6 Å². The molecule has 0 saturated heterocycles. The molecule has 0 radical (unpaired) electrons. The van der Waals surface area contributed by atoms with E-state index in [1.165, 1.54) is 0 Å². The van der Waals surface area contributed by atoms with Gasteiger partial charge in [-0.25, -0.2) is 0 Å². The van der Waals surface area contributed by atoms with Gasteiger partial charge in [0.1, 0.15) is 10.4 Å². The molecule has 4 aromatic rings. The van der Waals surface area contributed by atoms with E-state index in [0.29, 0.717) is 6.42 Å². The third kappa shape index (κ3) is 4.66. The van der Waals surface area contributed by atoms with Gasteiger partial charge in [-0.05, 0) is 57.0 Å². The largest absolute Gasteiger partial charge is 0.598 e. The van der Waals surface area contributed by atoms with Crippen molar-refractivity contribution in [2.75, 3.05) is 0 Å². The van der Waals surface area contributed by atoms with Crippen LogP contribution in [0.3, 0.4) is 0 Å². The van der Waals surface area contributed by atoms with Gasteiger partial charge in [0.15, 0.2) is 5.58 Å². The van der Waals surface area contributed by atoms with Gasteiger partial charge in [0.25, 0.3) is 0 Å². The number of nitrogens with one attached hydrogen (secondary N) is 1. The van der Waals surface area contributed by atoms with E-state index in [1.54, 1.807) is 6.20 Å². The first-order valence-electron chi connectivity index (χ1n) is 10.4. The van der Waals surface area contributed by atoms with Crippen LogP contribution in [0.25, 0.3) is 22.2 Å². The number of hydrogen-bond acceptors (Lipinski definition) is 5. The van der Waals surface area contributed by atoms with Crippen molar-refractivity contribution in [3.05, 3.63) is 83.7 Å². The molecule has 0 aliphatic carbocycles. The van der Waals surface area contributed by atoms with Gasteiger partial charge < -0.3 is 9.08 Å². The summed E-state index contributed by atoms with van der Waals surface area (Å²) in [6.07, 6.45) is 2.42. The Labute approximate surface area is 186 Å². The van der Waals surface area contributed by atoms with Crippen LogP contribution in [0.2, 0.25) is 0 Å². The maximum Gasteiger partial charge on any atom is 0.167 e. The zero-order valence-corrected chi connectivity index (χ0v) is 19.1. The number of nitrogens with zero attached hydrogens (tertiary/aromatic N) is 2. The van der Waals surface area contributed by atoms with Gasteiger partial charge in [-0.15, -0.1) is 4.72 Å². The third-order valence-electron chi connectivity index (χ3n) is 5.29. The Balaban J connectivity index is 1.81. The normalized spacial score (nSPS) is 14.0. The molecule has 160 valence electrons. The van der Waals surface area contributed by atoms with E-state index >= 15 is 0 Å². The van der Waals surface area contributed by atoms with Crippen LogP contribution >= 0.6 is 0 Å². The summed E-state index contributed by atoms with van der Waals surface area (Å²) in [5.74, 6) is 0. The SMILES string of the molecule is Cc1cccnc1C[C@H](N[S@@+]([O-])C(C)(C)C)c1ccccc1-c1noc2ccccc12. The molecule has 2 heterocycles. The molecule has 2 atom stereocenters. The molecule has 6 heteroatoms. The van der Waals surface area contributed by atoms with Crippen LogP contribution in [0.1, 0.15) is 43.6 Å². The summed E-state index contributed by atoms with van der Waals surface area (Å²) >= 11 is -1.25. The molecule has 0 fully saturated rings. The van der Waals surface area contributed by atoms with Crippen molar-refractivity contribution in [3.63, 3.8) is 0 Å². The second-order valence-electron chi connectivity index (χ2n) is 8.64. The fraction of sp³-hybridized carbons (Fsp3) is 0.280. The van der Waals surface area contributed by atoms with Crippen molar-refractivity contribution in [1.82, 2.24) is 14.9 Å². The number of hydrogen-bond donors (Lipinski definition) is 1. The number of fused-ring (bicyclic) bond motifs is 1. The van der Waals surface area contributed by atoms with Gasteiger partial charge in [-0.3, -0.25) is 4.98 Å². The third-order valence-corrected chi connectivity index (χ3v) is 6.90. The Morgan fingerprint density at radius 3 is 2.55 bits per heavy atom. The minimum Gasteiger partial charge on any atom is -0.598 e. The first kappa shape index (κ1) is 21.6. The smallest absolute Gasteiger partial charge is 0.167 e. The standard InChI is InChI=1S/C25H27N3O2S/c1-17-10-9-15-26-21(17)16-22(28-31(29)25(2,3)4)18-11-5-6-12-19(18)24-20-13-7-8-14-23(20)30-27-24/h5-15,22,28H,16H2,1-4H3/t22-,31-/m0/s1. The summed E-state index contributed by atoms with van der Waals surface area (Å²) < 4.78 is 21.6. The first-order valence-corrected chi connectivity index (χ1v) is 11.5. The molecular weight excluding hydrogens is 406 g/mol. The minimum atomic E-state index is -1.25. The first-order chi connectivity index (χ1) is 14.8. The van der Waals surface area contributed by atoms with Crippen LogP contribution in [-0.4, -0.2) is 19.4 Å². The van der Waals surface area contributed by atoms with Crippen molar-refractivity contribution in [2.24, 2.45) is 0 Å². The molecule has 2 aromatic carbocycles. The molecule has 0 saturated carbocycles. The molecule has 31 heavy (non-hydrogen) atoms. The van der Waals surface area contributed by atoms with Crippen molar-refractivity contribution in [3.8, 4) is 11.3 Å². The number of rotatable bonds is 6. The van der Waals surface area contributed by atoms with Crippen LogP contribution in [-0.2, 0) is 17.8 Å². The van der Waals surface area contributed by atoms with E-state index in [0.717, 1.165) is 39.0 Å². The molecule has 0 unspecified atom stereocenters. The average molecular weight is 434 g/mol. The lowest BCUT2D eigenvalue weighted by Gasteiger charge is -2.29. The van der Waals surface area contributed by atoms with Gasteiger partial charge in [0.05, 0.1) is 6.04 Å². The highest BCUT2D eigenvalue weighted by atomic mass is 32.2. The predicted molar refractivity (Wildman–Crippen MR) is 126 cm³/mol. The number of benzene rings is 2. The molecule has 0 spiro atoms. The lowest BCUT2D eigenvalue weighted by atomic mass is 9.93. The Morgan fingerprint density at radius 2 is 1.77 bits per heavy atom. The molecule has 1 N–H and O–H groups in total. The fourth-order valence-corrected chi connectivity index (χ4v) is 4.37. The summed E-state index contributed by atoms with van der Waals surface area (Å²) in [6.45, 7) is 7.96. The monoisotopic (exact) mass is 433 g/mol. The molecule has 2 aromatic heterocycles. The summed E-state index contributed by atoms with van der Waals surface area (Å²) in [4.78, 5) is 4.58. The van der Waals surface area contributed by atoms with Crippen LogP contribution < -0.4 is 4.72 Å². The van der Waals surface area contributed by atoms with E-state index in [2.05, 4.69) is 33.9 Å². The lowest BCUT2D eigenvalue weighted by molar-refractivity contribution is 0.459. The second kappa shape index (κ2) is 8.83. The highest BCUT2D eigenvalue weighted by molar-refractivity contribution is 7.90.